The highest BCUT2D eigenvalue weighted by Crippen LogP contribution is 2.51. The Bertz CT molecular complexity index is 697. The highest BCUT2D eigenvalue weighted by molar-refractivity contribution is 7.15. The number of rotatable bonds is 2. The zero-order chi connectivity index (χ0) is 12.3. The Balaban J connectivity index is 1.78. The zero-order valence-corrected chi connectivity index (χ0v) is 10.6. The smallest absolute Gasteiger partial charge is 0.240 e. The minimum Gasteiger partial charge on any atom is -0.240 e. The van der Waals surface area contributed by atoms with Crippen molar-refractivity contribution in [1.82, 2.24) is 4.98 Å². The first-order chi connectivity index (χ1) is 8.74. The molecule has 1 aromatic heterocycles. The molecule has 0 N–H and O–H groups in total. The van der Waals surface area contributed by atoms with Crippen molar-refractivity contribution in [3.8, 4) is 21.7 Å². The first-order valence-electron chi connectivity index (χ1n) is 5.56. The van der Waals surface area contributed by atoms with Crippen LogP contribution in [0.25, 0.3) is 21.7 Å². The van der Waals surface area contributed by atoms with Gasteiger partial charge in [0, 0.05) is 4.88 Å². The second-order valence-electron chi connectivity index (χ2n) is 4.31. The van der Waals surface area contributed by atoms with Gasteiger partial charge in [0.25, 0.3) is 0 Å². The van der Waals surface area contributed by atoms with E-state index in [2.05, 4.69) is 44.7 Å². The summed E-state index contributed by atoms with van der Waals surface area (Å²) in [5, 5.41) is 15.9. The third kappa shape index (κ3) is 1.15. The molecule has 0 amide bonds. The molecule has 86 valence electrons. The van der Waals surface area contributed by atoms with Gasteiger partial charge in [0.05, 0.1) is 22.9 Å². The molecular weight excluding hydrogens is 246 g/mol. The molecule has 3 aliphatic rings. The van der Waals surface area contributed by atoms with E-state index in [9.17, 15) is 0 Å². The third-order valence-corrected chi connectivity index (χ3v) is 4.35. The summed E-state index contributed by atoms with van der Waals surface area (Å²) in [5.74, 6) is 0. The monoisotopic (exact) mass is 254 g/mol. The first kappa shape index (κ1) is 9.90. The molecule has 0 saturated heterocycles. The Labute approximate surface area is 107 Å². The Morgan fingerprint density at radius 3 is 2.50 bits per heavy atom. The van der Waals surface area contributed by atoms with Gasteiger partial charge in [-0.05, 0) is 40.6 Å². The summed E-state index contributed by atoms with van der Waals surface area (Å²) in [7, 11) is 0. The molecule has 2 heterocycles. The maximum absolute atomic E-state index is 4.58. The molecule has 2 aliphatic carbocycles. The summed E-state index contributed by atoms with van der Waals surface area (Å²) in [6, 6.07) is 4.21. The number of hydrogen-bond donors (Lipinski definition) is 0. The first-order valence-corrected chi connectivity index (χ1v) is 6.37. The second kappa shape index (κ2) is 3.23. The normalized spacial score (nSPS) is 14.7. The van der Waals surface area contributed by atoms with Gasteiger partial charge < -0.3 is 0 Å². The average Bonchev–Trinajstić information content (AvgIpc) is 2.93. The summed E-state index contributed by atoms with van der Waals surface area (Å²) in [6.07, 6.45) is 0.601. The SMILES string of the molecule is Cc1nc(-c2cc3cc([C+]4N=NN=N4)c2-3)sc1C. The van der Waals surface area contributed by atoms with Crippen molar-refractivity contribution in [1.29, 1.82) is 0 Å². The van der Waals surface area contributed by atoms with Crippen LogP contribution in [0.2, 0.25) is 0 Å². The molecule has 0 unspecified atom stereocenters. The molecule has 0 bridgehead atoms. The topological polar surface area (TPSA) is 62.3 Å². The van der Waals surface area contributed by atoms with Crippen LogP contribution >= 0.6 is 11.3 Å². The predicted molar refractivity (Wildman–Crippen MR) is 68.1 cm³/mol. The van der Waals surface area contributed by atoms with Gasteiger partial charge in [-0.15, -0.1) is 11.3 Å². The van der Waals surface area contributed by atoms with Gasteiger partial charge in [-0.2, -0.15) is 0 Å². The van der Waals surface area contributed by atoms with Gasteiger partial charge in [0.1, 0.15) is 10.6 Å². The van der Waals surface area contributed by atoms with Crippen LogP contribution in [0.4, 0.5) is 0 Å². The van der Waals surface area contributed by atoms with E-state index < -0.39 is 0 Å². The van der Waals surface area contributed by atoms with Crippen molar-refractivity contribution in [3.63, 3.8) is 0 Å². The molecule has 5 nitrogen and oxygen atoms in total. The zero-order valence-electron chi connectivity index (χ0n) is 9.80. The minimum atomic E-state index is 0.601. The fourth-order valence-corrected chi connectivity index (χ4v) is 3.06. The number of thiazole rings is 1. The van der Waals surface area contributed by atoms with Crippen LogP contribution in [0.5, 0.6) is 0 Å². The molecule has 0 spiro atoms. The van der Waals surface area contributed by atoms with Crippen LogP contribution in [0.15, 0.2) is 32.8 Å². The molecule has 6 heteroatoms. The lowest BCUT2D eigenvalue weighted by molar-refractivity contribution is 1.01. The van der Waals surface area contributed by atoms with E-state index in [0.29, 0.717) is 6.17 Å². The molecular formula is C12H8N5S+. The lowest BCUT2D eigenvalue weighted by atomic mass is 9.80. The highest BCUT2D eigenvalue weighted by Gasteiger charge is 2.42. The molecule has 1 aromatic rings. The second-order valence-corrected chi connectivity index (χ2v) is 5.51. The van der Waals surface area contributed by atoms with Crippen LogP contribution < -0.4 is 0 Å². The van der Waals surface area contributed by atoms with Gasteiger partial charge in [-0.1, -0.05) is 0 Å². The van der Waals surface area contributed by atoms with E-state index in [4.69, 9.17) is 0 Å². The Kier molecular flexibility index (Phi) is 1.78. The number of nitrogens with zero attached hydrogens (tertiary/aromatic N) is 5. The maximum Gasteiger partial charge on any atom is 0.314 e. The largest absolute Gasteiger partial charge is 0.314 e. The van der Waals surface area contributed by atoms with Crippen molar-refractivity contribution < 1.29 is 0 Å². The van der Waals surface area contributed by atoms with Crippen molar-refractivity contribution in [2.75, 3.05) is 0 Å². The molecule has 18 heavy (non-hydrogen) atoms. The fraction of sp³-hybridized carbons (Fsp3) is 0.167. The molecule has 4 rings (SSSR count). The summed E-state index contributed by atoms with van der Waals surface area (Å²) in [5.41, 5.74) is 5.77. The van der Waals surface area contributed by atoms with Crippen LogP contribution in [-0.2, 0) is 0 Å². The molecule has 0 radical (unpaired) electrons. The summed E-state index contributed by atoms with van der Waals surface area (Å²) >= 11 is 1.72. The molecule has 0 aromatic carbocycles. The van der Waals surface area contributed by atoms with Crippen LogP contribution in [0.1, 0.15) is 16.1 Å². The van der Waals surface area contributed by atoms with Crippen molar-refractivity contribution in [2.24, 2.45) is 20.7 Å². The average molecular weight is 254 g/mol. The van der Waals surface area contributed by atoms with E-state index in [0.717, 1.165) is 16.3 Å². The lowest BCUT2D eigenvalue weighted by Gasteiger charge is -2.16. The van der Waals surface area contributed by atoms with Crippen LogP contribution in [-0.4, -0.2) is 4.98 Å². The van der Waals surface area contributed by atoms with Crippen LogP contribution in [0.3, 0.4) is 0 Å². The Morgan fingerprint density at radius 1 is 1.11 bits per heavy atom. The number of aryl methyl sites for hydroxylation is 2. The third-order valence-electron chi connectivity index (χ3n) is 3.25. The molecule has 0 fully saturated rings. The van der Waals surface area contributed by atoms with E-state index in [-0.39, 0.29) is 0 Å². The maximum atomic E-state index is 4.58. The molecule has 0 atom stereocenters. The molecule has 1 aliphatic heterocycles. The van der Waals surface area contributed by atoms with Gasteiger partial charge in [-0.25, -0.2) is 4.98 Å². The number of fused-ring (bicyclic) bond motifs is 1. The summed E-state index contributed by atoms with van der Waals surface area (Å²) in [6.45, 7) is 4.13. The van der Waals surface area contributed by atoms with E-state index >= 15 is 0 Å². The molecule has 0 saturated carbocycles. The Morgan fingerprint density at radius 2 is 1.89 bits per heavy atom. The summed E-state index contributed by atoms with van der Waals surface area (Å²) in [4.78, 5) is 5.85. The number of benzene rings is 1. The van der Waals surface area contributed by atoms with E-state index in [1.165, 1.54) is 21.6 Å². The van der Waals surface area contributed by atoms with Crippen molar-refractivity contribution in [3.05, 3.63) is 34.4 Å². The number of aromatic nitrogens is 1. The predicted octanol–water partition coefficient (Wildman–Crippen LogP) is 4.08. The standard InChI is InChI=1S/C12H8N5S/c1-5-6(2)18-12(13-5)9-4-7-3-8(10(7)9)11-14-16-17-15-11/h3-4H,1-2H3/q+1. The Hall–Kier alpha value is -2.08. The lowest BCUT2D eigenvalue weighted by Crippen LogP contribution is -2.06. The van der Waals surface area contributed by atoms with Gasteiger partial charge in [-0.3, -0.25) is 0 Å². The fourth-order valence-electron chi connectivity index (χ4n) is 2.13. The van der Waals surface area contributed by atoms with Gasteiger partial charge >= 0.3 is 6.17 Å². The van der Waals surface area contributed by atoms with Crippen molar-refractivity contribution >= 4 is 11.3 Å². The van der Waals surface area contributed by atoms with Crippen molar-refractivity contribution in [2.45, 2.75) is 13.8 Å². The number of hydrogen-bond acceptors (Lipinski definition) is 6. The van der Waals surface area contributed by atoms with Crippen LogP contribution in [0, 0.1) is 20.0 Å². The van der Waals surface area contributed by atoms with Gasteiger partial charge in [0.15, 0.2) is 5.56 Å². The van der Waals surface area contributed by atoms with E-state index in [1.807, 2.05) is 6.92 Å². The summed E-state index contributed by atoms with van der Waals surface area (Å²) < 4.78 is 0. The minimum absolute atomic E-state index is 0.601. The highest BCUT2D eigenvalue weighted by atomic mass is 32.1. The van der Waals surface area contributed by atoms with Gasteiger partial charge in [0.2, 0.25) is 0 Å². The quantitative estimate of drug-likeness (QED) is 0.635. The van der Waals surface area contributed by atoms with E-state index in [1.54, 1.807) is 11.3 Å².